The summed E-state index contributed by atoms with van der Waals surface area (Å²) >= 11 is 0. The van der Waals surface area contributed by atoms with Crippen molar-refractivity contribution >= 4 is 10.2 Å². The molecule has 0 fully saturated rings. The number of aromatic nitrogens is 3. The van der Waals surface area contributed by atoms with Gasteiger partial charge < -0.3 is 0 Å². The molecule has 0 aliphatic heterocycles. The van der Waals surface area contributed by atoms with Gasteiger partial charge in [0.1, 0.15) is 5.03 Å². The summed E-state index contributed by atoms with van der Waals surface area (Å²) in [6, 6.07) is 0.355. The minimum absolute atomic E-state index is 0.355. The molecule has 0 bridgehead atoms. The molecule has 4 nitrogen and oxygen atoms in total. The fourth-order valence-electron chi connectivity index (χ4n) is 0.754. The molecule has 0 spiro atoms. The molecule has 1 heterocycles. The van der Waals surface area contributed by atoms with Crippen molar-refractivity contribution in [2.45, 2.75) is 24.9 Å². The highest BCUT2D eigenvalue weighted by Gasteiger charge is 2.13. The quantitative estimate of drug-likeness (QED) is 0.757. The minimum atomic E-state index is -1.21. The molecule has 0 atom stereocenters. The largest absolute Gasteiger partial charge is 0.290 e. The molecule has 0 saturated carbocycles. The van der Waals surface area contributed by atoms with Crippen molar-refractivity contribution in [3.8, 4) is 0 Å². The van der Waals surface area contributed by atoms with E-state index in [1.807, 2.05) is 23.4 Å². The summed E-state index contributed by atoms with van der Waals surface area (Å²) in [6.07, 6.45) is 5.93. The zero-order valence-electron chi connectivity index (χ0n) is 7.98. The third-order valence-corrected chi connectivity index (χ3v) is 2.82. The van der Waals surface area contributed by atoms with Gasteiger partial charge in [0, 0.05) is 6.04 Å². The Bertz CT molecular complexity index is 261. The fourth-order valence-corrected chi connectivity index (χ4v) is 1.38. The lowest BCUT2D eigenvalue weighted by atomic mass is 10.4. The highest BCUT2D eigenvalue weighted by atomic mass is 32.3. The van der Waals surface area contributed by atoms with E-state index < -0.39 is 10.2 Å². The van der Waals surface area contributed by atoms with Gasteiger partial charge in [0.2, 0.25) is 0 Å². The molecule has 70 valence electrons. The molecule has 0 aliphatic rings. The predicted octanol–water partition coefficient (Wildman–Crippen LogP) is 1.16. The van der Waals surface area contributed by atoms with Gasteiger partial charge in [-0.2, -0.15) is 10.2 Å². The van der Waals surface area contributed by atoms with Crippen LogP contribution in [-0.4, -0.2) is 27.5 Å². The molecular formula is C7H16N4S. The maximum absolute atomic E-state index is 5.94. The Balaban J connectivity index is 2.92. The second-order valence-corrected chi connectivity index (χ2v) is 6.77. The van der Waals surface area contributed by atoms with Crippen LogP contribution in [-0.2, 0) is 0 Å². The Morgan fingerprint density at radius 3 is 2.33 bits per heavy atom. The first-order valence-electron chi connectivity index (χ1n) is 3.84. The minimum Gasteiger partial charge on any atom is -0.290 e. The van der Waals surface area contributed by atoms with Crippen molar-refractivity contribution < 1.29 is 0 Å². The number of hydrogen-bond donors (Lipinski definition) is 1. The van der Waals surface area contributed by atoms with Gasteiger partial charge in [0.05, 0.1) is 6.20 Å². The summed E-state index contributed by atoms with van der Waals surface area (Å²) in [5.74, 6) is 0. The van der Waals surface area contributed by atoms with Crippen LogP contribution in [0.5, 0.6) is 0 Å². The second kappa shape index (κ2) is 3.06. The predicted molar refractivity (Wildman–Crippen MR) is 52.3 cm³/mol. The number of nitrogens with zero attached hydrogens (tertiary/aromatic N) is 3. The van der Waals surface area contributed by atoms with E-state index in [1.54, 1.807) is 0 Å². The number of rotatable bonds is 2. The van der Waals surface area contributed by atoms with Gasteiger partial charge in [-0.1, -0.05) is 5.21 Å². The van der Waals surface area contributed by atoms with Crippen molar-refractivity contribution in [3.05, 3.63) is 6.20 Å². The van der Waals surface area contributed by atoms with Crippen LogP contribution >= 0.6 is 10.2 Å². The molecule has 0 saturated heterocycles. The summed E-state index contributed by atoms with van der Waals surface area (Å²) < 4.78 is 1.83. The van der Waals surface area contributed by atoms with Crippen LogP contribution in [0.4, 0.5) is 0 Å². The summed E-state index contributed by atoms with van der Waals surface area (Å²) in [4.78, 5) is 0. The zero-order valence-corrected chi connectivity index (χ0v) is 8.80. The Kier molecular flexibility index (Phi) is 2.44. The standard InChI is InChI=1S/C7H16N4S/c1-6(2)11-5-7(9-10-11)12(3,4)8/h5-6H,8H2,1-4H3. The summed E-state index contributed by atoms with van der Waals surface area (Å²) in [5.41, 5.74) is 0. The number of nitrogens with two attached hydrogens (primary N) is 1. The van der Waals surface area contributed by atoms with E-state index in [-0.39, 0.29) is 0 Å². The van der Waals surface area contributed by atoms with E-state index in [0.717, 1.165) is 5.03 Å². The molecule has 0 aliphatic carbocycles. The van der Waals surface area contributed by atoms with Crippen molar-refractivity contribution in [1.29, 1.82) is 0 Å². The van der Waals surface area contributed by atoms with Gasteiger partial charge in [0.15, 0.2) is 0 Å². The smallest absolute Gasteiger partial charge is 0.133 e. The Hall–Kier alpha value is -0.550. The van der Waals surface area contributed by atoms with Crippen LogP contribution in [0, 0.1) is 0 Å². The molecule has 0 unspecified atom stereocenters. The zero-order chi connectivity index (χ0) is 9.35. The molecule has 1 rings (SSSR count). The topological polar surface area (TPSA) is 56.7 Å². The van der Waals surface area contributed by atoms with Gasteiger partial charge in [-0.15, -0.1) is 5.10 Å². The highest BCUT2D eigenvalue weighted by molar-refractivity contribution is 8.30. The molecule has 0 radical (unpaired) electrons. The van der Waals surface area contributed by atoms with Crippen molar-refractivity contribution in [1.82, 2.24) is 15.0 Å². The second-order valence-electron chi connectivity index (χ2n) is 3.54. The normalized spacial score (nSPS) is 13.8. The van der Waals surface area contributed by atoms with Crippen molar-refractivity contribution in [2.24, 2.45) is 5.14 Å². The first-order chi connectivity index (χ1) is 5.41. The van der Waals surface area contributed by atoms with Crippen LogP contribution in [0.1, 0.15) is 19.9 Å². The Labute approximate surface area is 74.6 Å². The maximum atomic E-state index is 5.94. The molecule has 1 aromatic rings. The first-order valence-corrected chi connectivity index (χ1v) is 6.35. The van der Waals surface area contributed by atoms with E-state index in [1.165, 1.54) is 0 Å². The van der Waals surface area contributed by atoms with E-state index in [0.29, 0.717) is 6.04 Å². The fraction of sp³-hybridized carbons (Fsp3) is 0.714. The SMILES string of the molecule is CC(C)n1cc(S(C)(C)N)nn1. The molecule has 2 N–H and O–H groups in total. The molecule has 0 aromatic carbocycles. The van der Waals surface area contributed by atoms with Crippen LogP contribution in [0.25, 0.3) is 0 Å². The Morgan fingerprint density at radius 1 is 1.50 bits per heavy atom. The average molecular weight is 188 g/mol. The maximum Gasteiger partial charge on any atom is 0.133 e. The van der Waals surface area contributed by atoms with Crippen LogP contribution in [0.3, 0.4) is 0 Å². The monoisotopic (exact) mass is 188 g/mol. The third-order valence-electron chi connectivity index (χ3n) is 1.56. The molecule has 0 amide bonds. The van der Waals surface area contributed by atoms with Crippen molar-refractivity contribution in [2.75, 3.05) is 12.5 Å². The summed E-state index contributed by atoms with van der Waals surface area (Å²) in [6.45, 7) is 4.13. The number of hydrogen-bond acceptors (Lipinski definition) is 3. The summed E-state index contributed by atoms with van der Waals surface area (Å²) in [5, 5.41) is 14.9. The highest BCUT2D eigenvalue weighted by Crippen LogP contribution is 2.38. The first kappa shape index (κ1) is 9.54. The van der Waals surface area contributed by atoms with Crippen molar-refractivity contribution in [3.63, 3.8) is 0 Å². The van der Waals surface area contributed by atoms with Crippen LogP contribution in [0.2, 0.25) is 0 Å². The molecule has 1 aromatic heterocycles. The lowest BCUT2D eigenvalue weighted by Gasteiger charge is -2.20. The van der Waals surface area contributed by atoms with Gasteiger partial charge in [-0.25, -0.2) is 4.68 Å². The molecular weight excluding hydrogens is 172 g/mol. The van der Waals surface area contributed by atoms with E-state index in [4.69, 9.17) is 5.14 Å². The summed E-state index contributed by atoms with van der Waals surface area (Å²) in [7, 11) is -1.21. The third kappa shape index (κ3) is 1.98. The molecule has 5 heteroatoms. The van der Waals surface area contributed by atoms with E-state index in [9.17, 15) is 0 Å². The lowest BCUT2D eigenvalue weighted by Crippen LogP contribution is -2.07. The van der Waals surface area contributed by atoms with Gasteiger partial charge >= 0.3 is 0 Å². The lowest BCUT2D eigenvalue weighted by molar-refractivity contribution is 0.514. The van der Waals surface area contributed by atoms with Crippen LogP contribution < -0.4 is 5.14 Å². The van der Waals surface area contributed by atoms with Gasteiger partial charge in [-0.05, 0) is 26.4 Å². The van der Waals surface area contributed by atoms with Gasteiger partial charge in [-0.3, -0.25) is 5.14 Å². The van der Waals surface area contributed by atoms with Crippen LogP contribution in [0.15, 0.2) is 11.2 Å². The Morgan fingerprint density at radius 2 is 2.08 bits per heavy atom. The van der Waals surface area contributed by atoms with E-state index in [2.05, 4.69) is 24.2 Å². The average Bonchev–Trinajstić information content (AvgIpc) is 2.30. The molecule has 12 heavy (non-hydrogen) atoms. The van der Waals surface area contributed by atoms with Gasteiger partial charge in [0.25, 0.3) is 0 Å². The van der Waals surface area contributed by atoms with E-state index >= 15 is 0 Å².